The number of benzene rings is 1. The third-order valence-electron chi connectivity index (χ3n) is 3.97. The zero-order valence-electron chi connectivity index (χ0n) is 13.0. The highest BCUT2D eigenvalue weighted by Gasteiger charge is 2.32. The third-order valence-corrected chi connectivity index (χ3v) is 5.08. The Labute approximate surface area is 141 Å². The SMILES string of the molecule is COCCC1C=C(c2ccc(O)c(N3CC(=O)NS3=O)c2F)CN1. The van der Waals surface area contributed by atoms with E-state index in [0.717, 1.165) is 16.3 Å². The summed E-state index contributed by atoms with van der Waals surface area (Å²) < 4.78 is 35.1. The number of hydrogen-bond acceptors (Lipinski definition) is 5. The molecule has 2 aliphatic rings. The first-order chi connectivity index (χ1) is 11.5. The molecule has 2 atom stereocenters. The molecule has 2 heterocycles. The number of phenols is 1. The quantitative estimate of drug-likeness (QED) is 0.713. The molecule has 1 saturated heterocycles. The fraction of sp³-hybridized carbons (Fsp3) is 0.400. The summed E-state index contributed by atoms with van der Waals surface area (Å²) in [5, 5.41) is 13.2. The van der Waals surface area contributed by atoms with Crippen molar-refractivity contribution in [1.29, 1.82) is 0 Å². The number of hydrogen-bond donors (Lipinski definition) is 3. The van der Waals surface area contributed by atoms with Crippen LogP contribution in [0.5, 0.6) is 5.75 Å². The summed E-state index contributed by atoms with van der Waals surface area (Å²) in [5.41, 5.74) is 0.830. The van der Waals surface area contributed by atoms with Crippen LogP contribution in [0.1, 0.15) is 12.0 Å². The molecule has 7 nitrogen and oxygen atoms in total. The minimum atomic E-state index is -1.90. The maximum Gasteiger partial charge on any atom is 0.253 e. The highest BCUT2D eigenvalue weighted by atomic mass is 32.2. The second-order valence-electron chi connectivity index (χ2n) is 5.57. The van der Waals surface area contributed by atoms with E-state index in [1.165, 1.54) is 12.1 Å². The smallest absolute Gasteiger partial charge is 0.253 e. The number of methoxy groups -OCH3 is 1. The van der Waals surface area contributed by atoms with Crippen molar-refractivity contribution in [3.05, 3.63) is 29.6 Å². The molecule has 0 radical (unpaired) electrons. The lowest BCUT2D eigenvalue weighted by molar-refractivity contribution is -0.117. The van der Waals surface area contributed by atoms with Crippen LogP contribution in [0.3, 0.4) is 0 Å². The second kappa shape index (κ2) is 6.88. The number of amides is 1. The predicted octanol–water partition coefficient (Wildman–Crippen LogP) is 0.438. The molecule has 1 aromatic rings. The second-order valence-corrected chi connectivity index (χ2v) is 6.71. The van der Waals surface area contributed by atoms with E-state index in [2.05, 4.69) is 10.0 Å². The minimum absolute atomic E-state index is 0.0840. The van der Waals surface area contributed by atoms with Crippen molar-refractivity contribution >= 4 is 28.3 Å². The van der Waals surface area contributed by atoms with Crippen LogP contribution in [0, 0.1) is 5.82 Å². The van der Waals surface area contributed by atoms with Crippen molar-refractivity contribution in [2.45, 2.75) is 12.5 Å². The van der Waals surface area contributed by atoms with Gasteiger partial charge in [0.25, 0.3) is 5.91 Å². The number of carbonyl (C=O) groups excluding carboxylic acids is 1. The van der Waals surface area contributed by atoms with Crippen LogP contribution < -0.4 is 14.3 Å². The molecular weight excluding hydrogens is 337 g/mol. The fourth-order valence-electron chi connectivity index (χ4n) is 2.79. The standard InChI is InChI=1S/C15H18FN3O4S/c1-23-5-4-10-6-9(7-17-10)11-2-3-12(20)15(14(11)16)19-8-13(21)18-24(19)22/h2-3,6,10,17,20H,4-5,7-8H2,1H3,(H,18,21). The summed E-state index contributed by atoms with van der Waals surface area (Å²) in [5.74, 6) is -1.54. The van der Waals surface area contributed by atoms with Gasteiger partial charge in [-0.2, -0.15) is 0 Å². The van der Waals surface area contributed by atoms with E-state index in [-0.39, 0.29) is 24.0 Å². The van der Waals surface area contributed by atoms with Gasteiger partial charge < -0.3 is 15.2 Å². The highest BCUT2D eigenvalue weighted by Crippen LogP contribution is 2.37. The summed E-state index contributed by atoms with van der Waals surface area (Å²) in [6, 6.07) is 2.91. The van der Waals surface area contributed by atoms with E-state index in [1.807, 2.05) is 6.08 Å². The molecular formula is C15H18FN3O4S. The van der Waals surface area contributed by atoms with Gasteiger partial charge >= 0.3 is 0 Å². The number of nitrogens with zero attached hydrogens (tertiary/aromatic N) is 1. The Kier molecular flexibility index (Phi) is 4.83. The summed E-state index contributed by atoms with van der Waals surface area (Å²) in [6.07, 6.45) is 2.68. The zero-order chi connectivity index (χ0) is 17.3. The van der Waals surface area contributed by atoms with Gasteiger partial charge in [0.15, 0.2) is 5.82 Å². The van der Waals surface area contributed by atoms with E-state index in [9.17, 15) is 18.5 Å². The molecule has 2 aliphatic heterocycles. The summed E-state index contributed by atoms with van der Waals surface area (Å²) >= 11 is -1.90. The van der Waals surface area contributed by atoms with Crippen molar-refractivity contribution < 1.29 is 23.2 Å². The van der Waals surface area contributed by atoms with Gasteiger partial charge in [0.2, 0.25) is 11.2 Å². The summed E-state index contributed by atoms with van der Waals surface area (Å²) in [4.78, 5) is 11.4. The Morgan fingerprint density at radius 2 is 2.29 bits per heavy atom. The van der Waals surface area contributed by atoms with Gasteiger partial charge in [0, 0.05) is 31.9 Å². The van der Waals surface area contributed by atoms with Crippen molar-refractivity contribution in [2.24, 2.45) is 0 Å². The Morgan fingerprint density at radius 3 is 2.96 bits per heavy atom. The lowest BCUT2D eigenvalue weighted by atomic mass is 10.0. The molecule has 0 bridgehead atoms. The van der Waals surface area contributed by atoms with Crippen molar-refractivity contribution in [2.75, 3.05) is 31.1 Å². The predicted molar refractivity (Wildman–Crippen MR) is 88.0 cm³/mol. The van der Waals surface area contributed by atoms with Crippen LogP contribution in [0.2, 0.25) is 0 Å². The first-order valence-corrected chi connectivity index (χ1v) is 8.55. The van der Waals surface area contributed by atoms with Gasteiger partial charge in [0.1, 0.15) is 18.0 Å². The topological polar surface area (TPSA) is 90.9 Å². The molecule has 1 amide bonds. The molecule has 0 spiro atoms. The molecule has 9 heteroatoms. The molecule has 1 aromatic carbocycles. The fourth-order valence-corrected chi connectivity index (χ4v) is 3.74. The summed E-state index contributed by atoms with van der Waals surface area (Å²) in [6.45, 7) is 0.801. The van der Waals surface area contributed by atoms with Gasteiger partial charge in [-0.1, -0.05) is 6.08 Å². The van der Waals surface area contributed by atoms with Crippen LogP contribution in [-0.4, -0.2) is 48.1 Å². The summed E-state index contributed by atoms with van der Waals surface area (Å²) in [7, 11) is 1.62. The number of ether oxygens (including phenoxy) is 1. The van der Waals surface area contributed by atoms with E-state index in [0.29, 0.717) is 18.7 Å². The highest BCUT2D eigenvalue weighted by molar-refractivity contribution is 7.85. The maximum atomic E-state index is 14.9. The number of rotatable bonds is 5. The first kappa shape index (κ1) is 16.9. The van der Waals surface area contributed by atoms with Gasteiger partial charge in [-0.15, -0.1) is 0 Å². The normalized spacial score (nSPS) is 23.5. The monoisotopic (exact) mass is 355 g/mol. The number of anilines is 1. The first-order valence-electron chi connectivity index (χ1n) is 7.45. The number of nitrogens with one attached hydrogen (secondary N) is 2. The largest absolute Gasteiger partial charge is 0.506 e. The average Bonchev–Trinajstić information content (AvgIpc) is 3.12. The Balaban J connectivity index is 1.92. The van der Waals surface area contributed by atoms with E-state index in [1.54, 1.807) is 7.11 Å². The van der Waals surface area contributed by atoms with Crippen molar-refractivity contribution in [1.82, 2.24) is 10.0 Å². The number of phenolic OH excluding ortho intramolecular Hbond substituents is 1. The van der Waals surface area contributed by atoms with Crippen molar-refractivity contribution in [3.63, 3.8) is 0 Å². The Morgan fingerprint density at radius 1 is 1.50 bits per heavy atom. The van der Waals surface area contributed by atoms with Gasteiger partial charge in [-0.25, -0.2) is 8.60 Å². The molecule has 3 rings (SSSR count). The molecule has 1 fully saturated rings. The molecule has 0 aromatic heterocycles. The maximum absolute atomic E-state index is 14.9. The van der Waals surface area contributed by atoms with Crippen molar-refractivity contribution in [3.8, 4) is 5.75 Å². The van der Waals surface area contributed by atoms with Gasteiger partial charge in [-0.05, 0) is 24.1 Å². The molecule has 24 heavy (non-hydrogen) atoms. The van der Waals surface area contributed by atoms with Gasteiger partial charge in [0.05, 0.1) is 0 Å². The lowest BCUT2D eigenvalue weighted by Gasteiger charge is -2.18. The lowest BCUT2D eigenvalue weighted by Crippen LogP contribution is -2.24. The van der Waals surface area contributed by atoms with Crippen LogP contribution in [0.15, 0.2) is 18.2 Å². The molecule has 3 N–H and O–H groups in total. The van der Waals surface area contributed by atoms with Crippen LogP contribution in [0.4, 0.5) is 10.1 Å². The Bertz CT molecular complexity index is 725. The van der Waals surface area contributed by atoms with Crippen LogP contribution in [0.25, 0.3) is 5.57 Å². The molecule has 2 unspecified atom stereocenters. The van der Waals surface area contributed by atoms with Crippen LogP contribution in [-0.2, 0) is 20.7 Å². The van der Waals surface area contributed by atoms with Crippen LogP contribution >= 0.6 is 0 Å². The zero-order valence-corrected chi connectivity index (χ0v) is 13.9. The molecule has 130 valence electrons. The number of halogens is 1. The van der Waals surface area contributed by atoms with E-state index in [4.69, 9.17) is 4.74 Å². The minimum Gasteiger partial charge on any atom is -0.506 e. The van der Waals surface area contributed by atoms with E-state index >= 15 is 0 Å². The Hall–Kier alpha value is -1.97. The van der Waals surface area contributed by atoms with E-state index < -0.39 is 22.9 Å². The number of carbonyl (C=O) groups is 1. The molecule has 0 saturated carbocycles. The third kappa shape index (κ3) is 3.14. The number of aromatic hydroxyl groups is 1. The average molecular weight is 355 g/mol. The van der Waals surface area contributed by atoms with Gasteiger partial charge in [-0.3, -0.25) is 13.8 Å². The molecule has 0 aliphatic carbocycles.